The van der Waals surface area contributed by atoms with Gasteiger partial charge in [0, 0.05) is 50.3 Å². The molecule has 2 amide bonds. The summed E-state index contributed by atoms with van der Waals surface area (Å²) in [4.78, 5) is 30.7. The third kappa shape index (κ3) is 3.55. The summed E-state index contributed by atoms with van der Waals surface area (Å²) in [7, 11) is 0. The van der Waals surface area contributed by atoms with E-state index < -0.39 is 0 Å². The van der Waals surface area contributed by atoms with Crippen LogP contribution in [0.5, 0.6) is 0 Å². The third-order valence-electron chi connectivity index (χ3n) is 4.96. The molecule has 6 nitrogen and oxygen atoms in total. The van der Waals surface area contributed by atoms with Gasteiger partial charge in [0.2, 0.25) is 12.8 Å². The van der Waals surface area contributed by atoms with Crippen molar-refractivity contribution in [2.45, 2.75) is 51.9 Å². The van der Waals surface area contributed by atoms with Gasteiger partial charge in [0.15, 0.2) is 0 Å². The van der Waals surface area contributed by atoms with Gasteiger partial charge in [0.1, 0.15) is 0 Å². The van der Waals surface area contributed by atoms with Crippen molar-refractivity contribution in [3.63, 3.8) is 0 Å². The van der Waals surface area contributed by atoms with E-state index in [4.69, 9.17) is 0 Å². The second kappa shape index (κ2) is 6.75. The standard InChI is InChI=1S/C15H28N4O2/c1-12-7-18(10-20)14(3)5-16(12)9-17-6-15(4)19(11-21)8-13(17)2/h10-15H,5-9H2,1-4H3/t12-,13+,14-,15+. The van der Waals surface area contributed by atoms with Crippen molar-refractivity contribution in [3.05, 3.63) is 0 Å². The Kier molecular flexibility index (Phi) is 5.22. The predicted octanol–water partition coefficient (Wildman–Crippen LogP) is 0.0459. The number of piperazine rings is 2. The van der Waals surface area contributed by atoms with Gasteiger partial charge in [-0.1, -0.05) is 0 Å². The predicted molar refractivity (Wildman–Crippen MR) is 81.7 cm³/mol. The molecule has 0 aromatic heterocycles. The summed E-state index contributed by atoms with van der Waals surface area (Å²) in [5.41, 5.74) is 0. The van der Waals surface area contributed by atoms with E-state index in [9.17, 15) is 9.59 Å². The van der Waals surface area contributed by atoms with Gasteiger partial charge in [0.25, 0.3) is 0 Å². The van der Waals surface area contributed by atoms with E-state index in [2.05, 4.69) is 37.5 Å². The first-order valence-electron chi connectivity index (χ1n) is 7.86. The molecule has 2 aliphatic heterocycles. The Morgan fingerprint density at radius 2 is 1.10 bits per heavy atom. The van der Waals surface area contributed by atoms with Crippen LogP contribution in [-0.2, 0) is 9.59 Å². The first kappa shape index (κ1) is 16.2. The second-order valence-electron chi connectivity index (χ2n) is 6.68. The Hall–Kier alpha value is -1.14. The van der Waals surface area contributed by atoms with Crippen LogP contribution in [0.4, 0.5) is 0 Å². The topological polar surface area (TPSA) is 47.1 Å². The molecule has 0 unspecified atom stereocenters. The summed E-state index contributed by atoms with van der Waals surface area (Å²) in [6.07, 6.45) is 1.93. The van der Waals surface area contributed by atoms with Gasteiger partial charge in [-0.05, 0) is 27.7 Å². The molecule has 0 spiro atoms. The van der Waals surface area contributed by atoms with E-state index in [0.29, 0.717) is 12.1 Å². The molecular formula is C15H28N4O2. The van der Waals surface area contributed by atoms with Crippen LogP contribution in [-0.4, -0.2) is 89.4 Å². The summed E-state index contributed by atoms with van der Waals surface area (Å²) in [6, 6.07) is 1.28. The van der Waals surface area contributed by atoms with Crippen LogP contribution in [0.25, 0.3) is 0 Å². The Morgan fingerprint density at radius 1 is 0.714 bits per heavy atom. The van der Waals surface area contributed by atoms with Gasteiger partial charge in [-0.2, -0.15) is 0 Å². The lowest BCUT2D eigenvalue weighted by molar-refractivity contribution is -0.126. The highest BCUT2D eigenvalue weighted by Gasteiger charge is 2.33. The SMILES string of the molecule is C[C@@H]1CN(CN2C[C@H](C)N(C=O)C[C@@H]2C)[C@H](C)CN1C=O. The molecule has 0 radical (unpaired) electrons. The first-order chi connectivity index (χ1) is 9.96. The van der Waals surface area contributed by atoms with Crippen LogP contribution < -0.4 is 0 Å². The zero-order valence-corrected chi connectivity index (χ0v) is 13.6. The quantitative estimate of drug-likeness (QED) is 0.688. The fourth-order valence-corrected chi connectivity index (χ4v) is 3.37. The minimum Gasteiger partial charge on any atom is -0.340 e. The first-order valence-corrected chi connectivity index (χ1v) is 7.86. The maximum atomic E-state index is 11.0. The molecule has 0 aromatic carbocycles. The van der Waals surface area contributed by atoms with Gasteiger partial charge in [-0.3, -0.25) is 19.4 Å². The van der Waals surface area contributed by atoms with E-state index in [-0.39, 0.29) is 12.1 Å². The van der Waals surface area contributed by atoms with E-state index in [1.165, 1.54) is 0 Å². The smallest absolute Gasteiger partial charge is 0.210 e. The molecule has 0 saturated carbocycles. The highest BCUT2D eigenvalue weighted by Crippen LogP contribution is 2.18. The highest BCUT2D eigenvalue weighted by atomic mass is 16.1. The van der Waals surface area contributed by atoms with Crippen molar-refractivity contribution >= 4 is 12.8 Å². The highest BCUT2D eigenvalue weighted by molar-refractivity contribution is 5.48. The normalized spacial score (nSPS) is 35.8. The molecule has 120 valence electrons. The van der Waals surface area contributed by atoms with Crippen LogP contribution >= 0.6 is 0 Å². The molecule has 2 rings (SSSR count). The Bertz CT molecular complexity index is 345. The molecule has 0 aromatic rings. The lowest BCUT2D eigenvalue weighted by Gasteiger charge is -2.48. The molecule has 2 fully saturated rings. The van der Waals surface area contributed by atoms with E-state index >= 15 is 0 Å². The summed E-state index contributed by atoms with van der Waals surface area (Å²) >= 11 is 0. The number of carbonyl (C=O) groups is 2. The average molecular weight is 296 g/mol. The summed E-state index contributed by atoms with van der Waals surface area (Å²) in [5.74, 6) is 0. The van der Waals surface area contributed by atoms with Crippen molar-refractivity contribution in [3.8, 4) is 0 Å². The molecular weight excluding hydrogens is 268 g/mol. The van der Waals surface area contributed by atoms with Gasteiger partial charge < -0.3 is 9.80 Å². The summed E-state index contributed by atoms with van der Waals surface area (Å²) in [5, 5.41) is 0. The fourth-order valence-electron chi connectivity index (χ4n) is 3.37. The lowest BCUT2D eigenvalue weighted by atomic mass is 10.1. The monoisotopic (exact) mass is 296 g/mol. The largest absolute Gasteiger partial charge is 0.340 e. The number of carbonyl (C=O) groups excluding carboxylic acids is 2. The van der Waals surface area contributed by atoms with E-state index in [0.717, 1.165) is 45.7 Å². The van der Waals surface area contributed by atoms with Crippen LogP contribution in [0.3, 0.4) is 0 Å². The number of amides is 2. The van der Waals surface area contributed by atoms with Crippen molar-refractivity contribution < 1.29 is 9.59 Å². The minimum atomic E-state index is 0.266. The van der Waals surface area contributed by atoms with Crippen LogP contribution in [0.2, 0.25) is 0 Å². The Balaban J connectivity index is 1.95. The van der Waals surface area contributed by atoms with E-state index in [1.54, 1.807) is 0 Å². The van der Waals surface area contributed by atoms with Crippen molar-refractivity contribution in [2.75, 3.05) is 32.8 Å². The average Bonchev–Trinajstić information content (AvgIpc) is 2.45. The Morgan fingerprint density at radius 3 is 1.43 bits per heavy atom. The van der Waals surface area contributed by atoms with Crippen LogP contribution in [0.15, 0.2) is 0 Å². The molecule has 2 heterocycles. The lowest BCUT2D eigenvalue weighted by Crippen LogP contribution is -2.62. The second-order valence-corrected chi connectivity index (χ2v) is 6.68. The molecule has 4 atom stereocenters. The summed E-state index contributed by atoms with van der Waals surface area (Å²) in [6.45, 7) is 12.9. The molecule has 2 aliphatic rings. The van der Waals surface area contributed by atoms with E-state index in [1.807, 2.05) is 9.80 Å². The maximum absolute atomic E-state index is 11.0. The van der Waals surface area contributed by atoms with Gasteiger partial charge in [0.05, 0.1) is 6.67 Å². The zero-order valence-electron chi connectivity index (χ0n) is 13.6. The number of hydrogen-bond acceptors (Lipinski definition) is 4. The van der Waals surface area contributed by atoms with Gasteiger partial charge in [-0.15, -0.1) is 0 Å². The van der Waals surface area contributed by atoms with Crippen LogP contribution in [0, 0.1) is 0 Å². The van der Waals surface area contributed by atoms with Crippen LogP contribution in [0.1, 0.15) is 27.7 Å². The molecule has 21 heavy (non-hydrogen) atoms. The zero-order chi connectivity index (χ0) is 15.6. The Labute approximate surface area is 127 Å². The number of nitrogens with zero attached hydrogens (tertiary/aromatic N) is 4. The third-order valence-corrected chi connectivity index (χ3v) is 4.96. The van der Waals surface area contributed by atoms with Gasteiger partial charge in [-0.25, -0.2) is 0 Å². The maximum Gasteiger partial charge on any atom is 0.210 e. The molecule has 2 saturated heterocycles. The summed E-state index contributed by atoms with van der Waals surface area (Å²) < 4.78 is 0. The van der Waals surface area contributed by atoms with Crippen molar-refractivity contribution in [2.24, 2.45) is 0 Å². The van der Waals surface area contributed by atoms with Crippen molar-refractivity contribution in [1.82, 2.24) is 19.6 Å². The number of hydrogen-bond donors (Lipinski definition) is 0. The van der Waals surface area contributed by atoms with Gasteiger partial charge >= 0.3 is 0 Å². The molecule has 6 heteroatoms. The van der Waals surface area contributed by atoms with Crippen molar-refractivity contribution in [1.29, 1.82) is 0 Å². The molecule has 0 N–H and O–H groups in total. The molecule has 0 aliphatic carbocycles. The number of rotatable bonds is 4. The fraction of sp³-hybridized carbons (Fsp3) is 0.867. The minimum absolute atomic E-state index is 0.266. The molecule has 0 bridgehead atoms.